The van der Waals surface area contributed by atoms with Crippen LogP contribution in [0.1, 0.15) is 30.4 Å². The third kappa shape index (κ3) is 3.99. The van der Waals surface area contributed by atoms with E-state index in [0.29, 0.717) is 29.3 Å². The van der Waals surface area contributed by atoms with Crippen molar-refractivity contribution in [1.29, 1.82) is 0 Å². The Bertz CT molecular complexity index is 950. The van der Waals surface area contributed by atoms with Crippen LogP contribution in [0.15, 0.2) is 52.3 Å². The Morgan fingerprint density at radius 3 is 2.57 bits per heavy atom. The molecule has 0 bridgehead atoms. The first-order chi connectivity index (χ1) is 13.5. The van der Waals surface area contributed by atoms with Crippen molar-refractivity contribution in [3.05, 3.63) is 64.9 Å². The molecule has 2 heterocycles. The van der Waals surface area contributed by atoms with E-state index in [1.807, 2.05) is 30.5 Å². The maximum absolute atomic E-state index is 12.5. The summed E-state index contributed by atoms with van der Waals surface area (Å²) in [5, 5.41) is 14.6. The number of hydrogen-bond acceptors (Lipinski definition) is 5. The summed E-state index contributed by atoms with van der Waals surface area (Å²) >= 11 is 1.51. The molecule has 0 saturated carbocycles. The van der Waals surface area contributed by atoms with E-state index in [2.05, 4.69) is 10.3 Å². The van der Waals surface area contributed by atoms with Crippen LogP contribution in [0.3, 0.4) is 0 Å². The number of thiophene rings is 1. The molecule has 0 saturated heterocycles. The minimum atomic E-state index is -1.17. The first kappa shape index (κ1) is 19.8. The highest BCUT2D eigenvalue weighted by atomic mass is 32.1. The predicted molar refractivity (Wildman–Crippen MR) is 107 cm³/mol. The standard InChI is InChI=1S/C21H22N2O4S/c1-3-21(20(25)26,15-8-5-4-6-9-15)13-22-18(24)12-16-14(2)27-19(23-16)17-10-7-11-28-17/h4-11H,3,12-13H2,1-2H3,(H,22,24)(H,25,26). The van der Waals surface area contributed by atoms with Crippen LogP contribution in [-0.4, -0.2) is 28.5 Å². The number of carboxylic acid groups (broad SMARTS) is 1. The number of hydrogen-bond donors (Lipinski definition) is 2. The fourth-order valence-electron chi connectivity index (χ4n) is 3.10. The van der Waals surface area contributed by atoms with Gasteiger partial charge in [0.1, 0.15) is 11.2 Å². The van der Waals surface area contributed by atoms with Gasteiger partial charge < -0.3 is 14.8 Å². The Balaban J connectivity index is 1.71. The van der Waals surface area contributed by atoms with E-state index < -0.39 is 11.4 Å². The number of nitrogens with one attached hydrogen (secondary N) is 1. The molecule has 0 aliphatic heterocycles. The molecular formula is C21H22N2O4S. The van der Waals surface area contributed by atoms with E-state index in [0.717, 1.165) is 4.88 Å². The van der Waals surface area contributed by atoms with Gasteiger partial charge in [-0.25, -0.2) is 4.98 Å². The van der Waals surface area contributed by atoms with Gasteiger partial charge in [-0.05, 0) is 30.4 Å². The average molecular weight is 398 g/mol. The van der Waals surface area contributed by atoms with Gasteiger partial charge in [-0.15, -0.1) is 11.3 Å². The van der Waals surface area contributed by atoms with E-state index in [-0.39, 0.29) is 18.9 Å². The average Bonchev–Trinajstić information content (AvgIpc) is 3.34. The monoisotopic (exact) mass is 398 g/mol. The summed E-state index contributed by atoms with van der Waals surface area (Å²) in [5.74, 6) is -0.169. The lowest BCUT2D eigenvalue weighted by atomic mass is 9.78. The number of aromatic nitrogens is 1. The van der Waals surface area contributed by atoms with Crippen LogP contribution in [0.5, 0.6) is 0 Å². The Morgan fingerprint density at radius 1 is 1.21 bits per heavy atom. The van der Waals surface area contributed by atoms with E-state index in [4.69, 9.17) is 4.42 Å². The molecule has 3 aromatic rings. The van der Waals surface area contributed by atoms with Gasteiger partial charge in [0.05, 0.1) is 17.0 Å². The Kier molecular flexibility index (Phi) is 5.94. The molecule has 2 aromatic heterocycles. The van der Waals surface area contributed by atoms with Crippen molar-refractivity contribution < 1.29 is 19.1 Å². The lowest BCUT2D eigenvalue weighted by Crippen LogP contribution is -2.46. The maximum Gasteiger partial charge on any atom is 0.315 e. The summed E-state index contributed by atoms with van der Waals surface area (Å²) < 4.78 is 5.66. The number of aliphatic carboxylic acids is 1. The summed E-state index contributed by atoms with van der Waals surface area (Å²) in [7, 11) is 0. The second kappa shape index (κ2) is 8.39. The Morgan fingerprint density at radius 2 is 1.96 bits per heavy atom. The number of oxazole rings is 1. The van der Waals surface area contributed by atoms with Crippen molar-refractivity contribution in [3.8, 4) is 10.8 Å². The molecule has 0 aliphatic carbocycles. The van der Waals surface area contributed by atoms with Crippen molar-refractivity contribution >= 4 is 23.2 Å². The smallest absolute Gasteiger partial charge is 0.315 e. The summed E-state index contributed by atoms with van der Waals surface area (Å²) in [6.07, 6.45) is 0.396. The van der Waals surface area contributed by atoms with Crippen LogP contribution in [0.4, 0.5) is 0 Å². The van der Waals surface area contributed by atoms with Crippen LogP contribution >= 0.6 is 11.3 Å². The van der Waals surface area contributed by atoms with E-state index >= 15 is 0 Å². The summed E-state index contributed by atoms with van der Waals surface area (Å²) in [4.78, 5) is 29.8. The van der Waals surface area contributed by atoms with Gasteiger partial charge >= 0.3 is 5.97 Å². The van der Waals surface area contributed by atoms with Crippen molar-refractivity contribution in [2.24, 2.45) is 0 Å². The van der Waals surface area contributed by atoms with Crippen molar-refractivity contribution in [1.82, 2.24) is 10.3 Å². The summed E-state index contributed by atoms with van der Waals surface area (Å²) in [6.45, 7) is 3.59. The normalized spacial score (nSPS) is 13.1. The van der Waals surface area contributed by atoms with E-state index in [1.54, 1.807) is 31.2 Å². The summed E-state index contributed by atoms with van der Waals surface area (Å²) in [5.41, 5.74) is 0.0544. The highest BCUT2D eigenvalue weighted by Crippen LogP contribution is 2.28. The quantitative estimate of drug-likeness (QED) is 0.602. The molecule has 3 rings (SSSR count). The second-order valence-corrected chi connectivity index (χ2v) is 7.51. The first-order valence-electron chi connectivity index (χ1n) is 9.02. The zero-order valence-electron chi connectivity index (χ0n) is 15.8. The minimum Gasteiger partial charge on any atom is -0.481 e. The molecule has 6 nitrogen and oxygen atoms in total. The van der Waals surface area contributed by atoms with Crippen LogP contribution in [-0.2, 0) is 21.4 Å². The number of benzene rings is 1. The molecule has 1 aromatic carbocycles. The van der Waals surface area contributed by atoms with E-state index in [1.165, 1.54) is 11.3 Å². The van der Waals surface area contributed by atoms with Crippen molar-refractivity contribution in [2.75, 3.05) is 6.54 Å². The number of carbonyl (C=O) groups is 2. The van der Waals surface area contributed by atoms with Gasteiger partial charge in [-0.1, -0.05) is 43.3 Å². The van der Waals surface area contributed by atoms with Crippen LogP contribution in [0.25, 0.3) is 10.8 Å². The van der Waals surface area contributed by atoms with Gasteiger partial charge in [0.15, 0.2) is 0 Å². The Labute approximate surface area is 167 Å². The molecule has 28 heavy (non-hydrogen) atoms. The number of carboxylic acids is 1. The molecule has 1 amide bonds. The topological polar surface area (TPSA) is 92.4 Å². The fraction of sp³-hybridized carbons (Fsp3) is 0.286. The largest absolute Gasteiger partial charge is 0.481 e. The van der Waals surface area contributed by atoms with Gasteiger partial charge in [0, 0.05) is 6.54 Å². The molecule has 1 atom stereocenters. The van der Waals surface area contributed by atoms with Crippen LogP contribution in [0, 0.1) is 6.92 Å². The SMILES string of the molecule is CCC(CNC(=O)Cc1nc(-c2cccs2)oc1C)(C(=O)O)c1ccccc1. The number of rotatable bonds is 8. The third-order valence-electron chi connectivity index (χ3n) is 4.88. The molecule has 0 radical (unpaired) electrons. The van der Waals surface area contributed by atoms with Crippen LogP contribution < -0.4 is 5.32 Å². The van der Waals surface area contributed by atoms with Crippen molar-refractivity contribution in [2.45, 2.75) is 32.1 Å². The number of aryl methyl sites for hydroxylation is 1. The number of amides is 1. The predicted octanol–water partition coefficient (Wildman–Crippen LogP) is 3.80. The molecule has 0 fully saturated rings. The lowest BCUT2D eigenvalue weighted by molar-refractivity contribution is -0.144. The van der Waals surface area contributed by atoms with Crippen molar-refractivity contribution in [3.63, 3.8) is 0 Å². The lowest BCUT2D eigenvalue weighted by Gasteiger charge is -2.29. The number of nitrogens with zero attached hydrogens (tertiary/aromatic N) is 1. The molecule has 146 valence electrons. The second-order valence-electron chi connectivity index (χ2n) is 6.56. The Hall–Kier alpha value is -2.93. The summed E-state index contributed by atoms with van der Waals surface area (Å²) in [6, 6.07) is 12.8. The maximum atomic E-state index is 12.5. The van der Waals surface area contributed by atoms with Gasteiger partial charge in [-0.3, -0.25) is 9.59 Å². The molecule has 1 unspecified atom stereocenters. The highest BCUT2D eigenvalue weighted by molar-refractivity contribution is 7.13. The van der Waals surface area contributed by atoms with Gasteiger partial charge in [0.2, 0.25) is 11.8 Å². The zero-order chi connectivity index (χ0) is 20.1. The van der Waals surface area contributed by atoms with E-state index in [9.17, 15) is 14.7 Å². The molecular weight excluding hydrogens is 376 g/mol. The van der Waals surface area contributed by atoms with Gasteiger partial charge in [-0.2, -0.15) is 0 Å². The van der Waals surface area contributed by atoms with Gasteiger partial charge in [0.25, 0.3) is 0 Å². The highest BCUT2D eigenvalue weighted by Gasteiger charge is 2.39. The zero-order valence-corrected chi connectivity index (χ0v) is 16.6. The minimum absolute atomic E-state index is 0.0103. The fourth-order valence-corrected chi connectivity index (χ4v) is 3.75. The molecule has 0 aliphatic rings. The number of carbonyl (C=O) groups excluding carboxylic acids is 1. The molecule has 2 N–H and O–H groups in total. The first-order valence-corrected chi connectivity index (χ1v) is 9.90. The van der Waals surface area contributed by atoms with Crippen LogP contribution in [0.2, 0.25) is 0 Å². The molecule has 7 heteroatoms. The molecule has 0 spiro atoms. The third-order valence-corrected chi connectivity index (χ3v) is 5.74.